The van der Waals surface area contributed by atoms with Crippen molar-refractivity contribution in [2.75, 3.05) is 6.54 Å². The number of guanidine groups is 1. The molecule has 0 aliphatic rings. The van der Waals surface area contributed by atoms with E-state index in [1.807, 2.05) is 24.6 Å². The second-order valence-corrected chi connectivity index (χ2v) is 6.14. The monoisotopic (exact) mass is 487 g/mol. The van der Waals surface area contributed by atoms with Gasteiger partial charge in [-0.25, -0.2) is 4.99 Å². The topological polar surface area (TPSA) is 93.2 Å². The number of aromatic nitrogens is 4. The smallest absolute Gasteiger partial charge is 0.192 e. The summed E-state index contributed by atoms with van der Waals surface area (Å²) < 4.78 is 7.37. The van der Waals surface area contributed by atoms with E-state index in [9.17, 15) is 0 Å². The van der Waals surface area contributed by atoms with Crippen molar-refractivity contribution in [3.63, 3.8) is 0 Å². The lowest BCUT2D eigenvalue weighted by Gasteiger charge is -2.10. The summed E-state index contributed by atoms with van der Waals surface area (Å²) >= 11 is 0. The van der Waals surface area contributed by atoms with Gasteiger partial charge in [0, 0.05) is 25.6 Å². The molecule has 0 aromatic carbocycles. The normalized spacial score (nSPS) is 11.4. The fourth-order valence-electron chi connectivity index (χ4n) is 2.56. The van der Waals surface area contributed by atoms with E-state index in [4.69, 9.17) is 4.52 Å². The quantitative estimate of drug-likeness (QED) is 0.245. The van der Waals surface area contributed by atoms with Crippen molar-refractivity contribution < 1.29 is 4.52 Å². The molecule has 0 saturated carbocycles. The Balaban J connectivity index is 0.00000364. The molecule has 0 atom stereocenters. The third-order valence-corrected chi connectivity index (χ3v) is 4.39. The Kier molecular flexibility index (Phi) is 10.0. The Labute approximate surface area is 177 Å². The Morgan fingerprint density at radius 2 is 2.07 bits per heavy atom. The fraction of sp³-hybridized carbons (Fsp3) is 0.556. The highest BCUT2D eigenvalue weighted by Gasteiger charge is 2.13. The first-order valence-electron chi connectivity index (χ1n) is 9.02. The minimum atomic E-state index is 0. The zero-order valence-electron chi connectivity index (χ0n) is 16.5. The molecule has 2 heterocycles. The molecule has 0 unspecified atom stereocenters. The molecule has 0 aliphatic carbocycles. The maximum absolute atomic E-state index is 5.45. The fourth-order valence-corrected chi connectivity index (χ4v) is 2.56. The highest BCUT2D eigenvalue weighted by molar-refractivity contribution is 14.0. The number of halogens is 1. The number of rotatable bonds is 9. The molecule has 9 heteroatoms. The van der Waals surface area contributed by atoms with Gasteiger partial charge in [-0.1, -0.05) is 25.1 Å². The number of aliphatic imine (C=N–C) groups is 1. The van der Waals surface area contributed by atoms with Gasteiger partial charge in [-0.3, -0.25) is 0 Å². The standard InChI is InChI=1S/C18H29N7O.HI/c1-6-9-19-18(21-12-17-23-22-13(4)25(17)5)20-11-15-10-16(24-26-15)14(7-2)8-3;/h6,10,14H,1,7-9,11-12H2,2-5H3,(H2,19,20,21);1H. The molecule has 0 saturated heterocycles. The van der Waals surface area contributed by atoms with E-state index in [0.29, 0.717) is 31.5 Å². The van der Waals surface area contributed by atoms with Crippen LogP contribution in [0.4, 0.5) is 0 Å². The highest BCUT2D eigenvalue weighted by Crippen LogP contribution is 2.22. The molecule has 2 N–H and O–H groups in total. The van der Waals surface area contributed by atoms with E-state index < -0.39 is 0 Å². The zero-order valence-corrected chi connectivity index (χ0v) is 18.9. The molecule has 0 fully saturated rings. The van der Waals surface area contributed by atoms with Crippen LogP contribution in [0, 0.1) is 6.92 Å². The summed E-state index contributed by atoms with van der Waals surface area (Å²) in [6.07, 6.45) is 3.89. The molecular formula is C18H30IN7O. The van der Waals surface area contributed by atoms with Crippen LogP contribution in [0.2, 0.25) is 0 Å². The van der Waals surface area contributed by atoms with E-state index in [-0.39, 0.29) is 24.0 Å². The number of nitrogens with one attached hydrogen (secondary N) is 2. The summed E-state index contributed by atoms with van der Waals surface area (Å²) in [4.78, 5) is 4.56. The van der Waals surface area contributed by atoms with E-state index in [2.05, 4.69) is 51.4 Å². The Bertz CT molecular complexity index is 734. The number of aryl methyl sites for hydroxylation is 1. The van der Waals surface area contributed by atoms with Crippen LogP contribution in [0.15, 0.2) is 28.2 Å². The van der Waals surface area contributed by atoms with Gasteiger partial charge in [-0.15, -0.1) is 40.8 Å². The maximum Gasteiger partial charge on any atom is 0.192 e. The molecule has 2 aromatic heterocycles. The van der Waals surface area contributed by atoms with Crippen LogP contribution in [0.5, 0.6) is 0 Å². The Hall–Kier alpha value is -1.91. The van der Waals surface area contributed by atoms with Crippen LogP contribution in [0.1, 0.15) is 55.7 Å². The average Bonchev–Trinajstić information content (AvgIpc) is 3.24. The minimum Gasteiger partial charge on any atom is -0.359 e. The molecule has 2 aromatic rings. The molecule has 8 nitrogen and oxygen atoms in total. The molecular weight excluding hydrogens is 457 g/mol. The zero-order chi connectivity index (χ0) is 18.9. The molecule has 150 valence electrons. The number of nitrogens with zero attached hydrogens (tertiary/aromatic N) is 5. The predicted octanol–water partition coefficient (Wildman–Crippen LogP) is 3.05. The van der Waals surface area contributed by atoms with Gasteiger partial charge in [0.1, 0.15) is 12.4 Å². The summed E-state index contributed by atoms with van der Waals surface area (Å²) in [5.41, 5.74) is 1.01. The average molecular weight is 487 g/mol. The molecule has 0 bridgehead atoms. The van der Waals surface area contributed by atoms with Gasteiger partial charge >= 0.3 is 0 Å². The van der Waals surface area contributed by atoms with E-state index in [1.54, 1.807) is 6.08 Å². The molecule has 0 amide bonds. The van der Waals surface area contributed by atoms with Crippen molar-refractivity contribution in [1.82, 2.24) is 30.6 Å². The van der Waals surface area contributed by atoms with E-state index in [1.165, 1.54) is 0 Å². The lowest BCUT2D eigenvalue weighted by molar-refractivity contribution is 0.368. The predicted molar refractivity (Wildman–Crippen MR) is 117 cm³/mol. The van der Waals surface area contributed by atoms with Crippen LogP contribution >= 0.6 is 24.0 Å². The third kappa shape index (κ3) is 6.64. The number of hydrogen-bond donors (Lipinski definition) is 2. The van der Waals surface area contributed by atoms with Crippen molar-refractivity contribution >= 4 is 29.9 Å². The number of hydrogen-bond acceptors (Lipinski definition) is 5. The van der Waals surface area contributed by atoms with Crippen molar-refractivity contribution in [2.45, 2.75) is 52.6 Å². The van der Waals surface area contributed by atoms with Crippen molar-refractivity contribution in [1.29, 1.82) is 0 Å². The van der Waals surface area contributed by atoms with Crippen LogP contribution in [-0.4, -0.2) is 32.4 Å². The largest absolute Gasteiger partial charge is 0.359 e. The summed E-state index contributed by atoms with van der Waals surface area (Å²) in [5, 5.41) is 18.8. The molecule has 2 rings (SSSR count). The first-order chi connectivity index (χ1) is 12.6. The molecule has 0 spiro atoms. The van der Waals surface area contributed by atoms with Gasteiger partial charge in [-0.2, -0.15) is 0 Å². The Morgan fingerprint density at radius 1 is 1.33 bits per heavy atom. The van der Waals surface area contributed by atoms with Gasteiger partial charge < -0.3 is 19.7 Å². The summed E-state index contributed by atoms with van der Waals surface area (Å²) in [5.74, 6) is 3.55. The van der Waals surface area contributed by atoms with E-state index in [0.717, 1.165) is 35.9 Å². The van der Waals surface area contributed by atoms with Gasteiger partial charge in [0.25, 0.3) is 0 Å². The second-order valence-electron chi connectivity index (χ2n) is 6.14. The SMILES string of the molecule is C=CCNC(=NCc1nnc(C)n1C)NCc1cc(C(CC)CC)no1.I. The van der Waals surface area contributed by atoms with Crippen molar-refractivity contribution in [3.05, 3.63) is 41.8 Å². The van der Waals surface area contributed by atoms with Crippen LogP contribution < -0.4 is 10.6 Å². The molecule has 27 heavy (non-hydrogen) atoms. The van der Waals surface area contributed by atoms with Crippen LogP contribution in [0.3, 0.4) is 0 Å². The van der Waals surface area contributed by atoms with Crippen LogP contribution in [0.25, 0.3) is 0 Å². The first kappa shape index (κ1) is 23.1. The Morgan fingerprint density at radius 3 is 2.67 bits per heavy atom. The van der Waals surface area contributed by atoms with Gasteiger partial charge in [0.15, 0.2) is 17.5 Å². The lowest BCUT2D eigenvalue weighted by Crippen LogP contribution is -2.37. The summed E-state index contributed by atoms with van der Waals surface area (Å²) in [6, 6.07) is 2.02. The molecule has 0 aliphatic heterocycles. The first-order valence-corrected chi connectivity index (χ1v) is 9.02. The maximum atomic E-state index is 5.45. The second kappa shape index (κ2) is 11.7. The van der Waals surface area contributed by atoms with Crippen molar-refractivity contribution in [2.24, 2.45) is 12.0 Å². The van der Waals surface area contributed by atoms with E-state index >= 15 is 0 Å². The summed E-state index contributed by atoms with van der Waals surface area (Å²) in [6.45, 7) is 11.5. The van der Waals surface area contributed by atoms with Gasteiger partial charge in [0.05, 0.1) is 12.2 Å². The van der Waals surface area contributed by atoms with Crippen LogP contribution in [-0.2, 0) is 20.1 Å². The summed E-state index contributed by atoms with van der Waals surface area (Å²) in [7, 11) is 1.93. The van der Waals surface area contributed by atoms with Gasteiger partial charge in [-0.05, 0) is 19.8 Å². The highest BCUT2D eigenvalue weighted by atomic mass is 127. The third-order valence-electron chi connectivity index (χ3n) is 4.39. The van der Waals surface area contributed by atoms with Gasteiger partial charge in [0.2, 0.25) is 0 Å². The minimum absolute atomic E-state index is 0. The van der Waals surface area contributed by atoms with Crippen molar-refractivity contribution in [3.8, 4) is 0 Å². The lowest BCUT2D eigenvalue weighted by atomic mass is 9.99. The molecule has 0 radical (unpaired) electrons.